The fraction of sp³-hybridized carbons (Fsp3) is 0.273. The van der Waals surface area contributed by atoms with E-state index >= 15 is 0 Å². The van der Waals surface area contributed by atoms with Gasteiger partial charge in [-0.3, -0.25) is 4.79 Å². The van der Waals surface area contributed by atoms with Gasteiger partial charge >= 0.3 is 0 Å². The minimum absolute atomic E-state index is 0.0375. The van der Waals surface area contributed by atoms with Crippen molar-refractivity contribution in [3.05, 3.63) is 36.0 Å². The number of carbonyl (C=O) groups is 1. The molecule has 0 saturated heterocycles. The number of halogens is 1. The molecule has 3 nitrogen and oxygen atoms in total. The van der Waals surface area contributed by atoms with Gasteiger partial charge in [0.25, 0.3) is 5.91 Å². The number of aromatic nitrogens is 1. The van der Waals surface area contributed by atoms with Crippen LogP contribution in [0.5, 0.6) is 0 Å². The average molecular weight is 378 g/mol. The van der Waals surface area contributed by atoms with Gasteiger partial charge in [-0.15, -0.1) is 22.7 Å². The molecule has 1 atom stereocenters. The summed E-state index contributed by atoms with van der Waals surface area (Å²) in [5, 5.41) is 5.77. The van der Waals surface area contributed by atoms with E-state index in [9.17, 15) is 4.79 Å². The van der Waals surface area contributed by atoms with E-state index in [1.54, 1.807) is 22.7 Å². The monoisotopic (exact) mass is 378 g/mol. The van der Waals surface area contributed by atoms with Gasteiger partial charge < -0.3 is 5.32 Å². The first-order chi connectivity index (χ1) is 8.06. The van der Waals surface area contributed by atoms with Crippen LogP contribution in [0.25, 0.3) is 0 Å². The predicted molar refractivity (Wildman–Crippen MR) is 79.8 cm³/mol. The molecular formula is C11H11IN2OS2. The molecule has 0 fully saturated rings. The fourth-order valence-electron chi connectivity index (χ4n) is 1.34. The van der Waals surface area contributed by atoms with E-state index in [1.165, 1.54) is 0 Å². The Hall–Kier alpha value is -0.470. The molecule has 0 saturated carbocycles. The normalized spacial score (nSPS) is 12.4. The number of nitrogens with one attached hydrogen (secondary N) is 1. The van der Waals surface area contributed by atoms with Gasteiger partial charge in [-0.2, -0.15) is 0 Å². The first-order valence-electron chi connectivity index (χ1n) is 5.03. The molecule has 17 heavy (non-hydrogen) atoms. The Bertz CT molecular complexity index is 535. The van der Waals surface area contributed by atoms with Crippen molar-refractivity contribution in [1.29, 1.82) is 0 Å². The highest BCUT2D eigenvalue weighted by atomic mass is 127. The lowest BCUT2D eigenvalue weighted by molar-refractivity contribution is 0.0940. The van der Waals surface area contributed by atoms with E-state index in [2.05, 4.69) is 32.9 Å². The van der Waals surface area contributed by atoms with E-state index < -0.39 is 0 Å². The third-order valence-electron chi connectivity index (χ3n) is 2.19. The molecule has 0 aliphatic rings. The maximum absolute atomic E-state index is 11.9. The van der Waals surface area contributed by atoms with Gasteiger partial charge in [-0.1, -0.05) is 0 Å². The Kier molecular flexibility index (Phi) is 4.16. The molecule has 0 spiro atoms. The zero-order valence-electron chi connectivity index (χ0n) is 9.36. The molecule has 2 aromatic heterocycles. The Morgan fingerprint density at radius 3 is 2.88 bits per heavy atom. The van der Waals surface area contributed by atoms with Crippen molar-refractivity contribution in [3.63, 3.8) is 0 Å². The second-order valence-electron chi connectivity index (χ2n) is 3.64. The molecule has 0 radical (unpaired) electrons. The third kappa shape index (κ3) is 3.26. The molecular weight excluding hydrogens is 367 g/mol. The number of thiophene rings is 1. The molecule has 0 aromatic carbocycles. The molecule has 0 bridgehead atoms. The summed E-state index contributed by atoms with van der Waals surface area (Å²) in [6, 6.07) is 1.85. The van der Waals surface area contributed by atoms with Crippen molar-refractivity contribution in [2.24, 2.45) is 0 Å². The fourth-order valence-corrected chi connectivity index (χ4v) is 3.45. The summed E-state index contributed by atoms with van der Waals surface area (Å²) < 4.78 is 1.12. The smallest absolute Gasteiger partial charge is 0.252 e. The van der Waals surface area contributed by atoms with Crippen LogP contribution in [0.4, 0.5) is 0 Å². The molecule has 2 heterocycles. The van der Waals surface area contributed by atoms with Crippen molar-refractivity contribution in [2.75, 3.05) is 0 Å². The van der Waals surface area contributed by atoms with Crippen LogP contribution in [0.3, 0.4) is 0 Å². The second-order valence-corrected chi connectivity index (χ2v) is 7.72. The van der Waals surface area contributed by atoms with Crippen molar-refractivity contribution in [2.45, 2.75) is 19.9 Å². The lowest BCUT2D eigenvalue weighted by Crippen LogP contribution is -2.26. The lowest BCUT2D eigenvalue weighted by Gasteiger charge is -2.09. The molecule has 2 aromatic rings. The SMILES string of the molecule is Cc1cnc(C(C)NC(=O)c2csc(I)c2)s1. The van der Waals surface area contributed by atoms with Gasteiger partial charge in [-0.05, 0) is 42.5 Å². The number of aryl methyl sites for hydroxylation is 1. The highest BCUT2D eigenvalue weighted by Crippen LogP contribution is 2.21. The molecule has 0 aliphatic heterocycles. The number of rotatable bonds is 3. The van der Waals surface area contributed by atoms with Crippen molar-refractivity contribution < 1.29 is 4.79 Å². The van der Waals surface area contributed by atoms with Gasteiger partial charge in [0.2, 0.25) is 0 Å². The predicted octanol–water partition coefficient (Wildman–Crippen LogP) is 3.61. The molecule has 1 unspecified atom stereocenters. The van der Waals surface area contributed by atoms with Crippen LogP contribution in [0.15, 0.2) is 17.6 Å². The number of amides is 1. The summed E-state index contributed by atoms with van der Waals surface area (Å²) in [4.78, 5) is 17.3. The number of hydrogen-bond donors (Lipinski definition) is 1. The molecule has 6 heteroatoms. The van der Waals surface area contributed by atoms with Crippen molar-refractivity contribution in [1.82, 2.24) is 10.3 Å². The van der Waals surface area contributed by atoms with Crippen molar-refractivity contribution >= 4 is 51.2 Å². The number of hydrogen-bond acceptors (Lipinski definition) is 4. The van der Waals surface area contributed by atoms with Crippen LogP contribution in [-0.4, -0.2) is 10.9 Å². The summed E-state index contributed by atoms with van der Waals surface area (Å²) in [7, 11) is 0. The largest absolute Gasteiger partial charge is 0.343 e. The van der Waals surface area contributed by atoms with Crippen molar-refractivity contribution in [3.8, 4) is 0 Å². The van der Waals surface area contributed by atoms with Crippen LogP contribution in [0.2, 0.25) is 0 Å². The summed E-state index contributed by atoms with van der Waals surface area (Å²) in [6.07, 6.45) is 1.83. The van der Waals surface area contributed by atoms with Crippen LogP contribution in [0.1, 0.15) is 33.2 Å². The maximum atomic E-state index is 11.9. The first kappa shape index (κ1) is 13.0. The first-order valence-corrected chi connectivity index (χ1v) is 7.81. The Balaban J connectivity index is 2.04. The summed E-state index contributed by atoms with van der Waals surface area (Å²) in [6.45, 7) is 3.96. The van der Waals surface area contributed by atoms with Crippen LogP contribution < -0.4 is 5.32 Å². The minimum Gasteiger partial charge on any atom is -0.343 e. The summed E-state index contributed by atoms with van der Waals surface area (Å²) in [5.74, 6) is -0.0375. The standard InChI is InChI=1S/C11H11IN2OS2/c1-6-4-13-11(17-6)7(2)14-10(15)8-3-9(12)16-5-8/h3-5,7H,1-2H3,(H,14,15). The van der Waals surface area contributed by atoms with E-state index in [1.807, 2.05) is 31.5 Å². The molecule has 0 aliphatic carbocycles. The quantitative estimate of drug-likeness (QED) is 0.830. The van der Waals surface area contributed by atoms with Gasteiger partial charge in [0.15, 0.2) is 0 Å². The number of nitrogens with zero attached hydrogens (tertiary/aromatic N) is 1. The Labute approximate surface area is 121 Å². The van der Waals surface area contributed by atoms with E-state index in [-0.39, 0.29) is 11.9 Å². The Morgan fingerprint density at radius 2 is 2.35 bits per heavy atom. The lowest BCUT2D eigenvalue weighted by atomic mass is 10.3. The maximum Gasteiger partial charge on any atom is 0.252 e. The van der Waals surface area contributed by atoms with Crippen LogP contribution in [0, 0.1) is 9.81 Å². The highest BCUT2D eigenvalue weighted by Gasteiger charge is 2.14. The topological polar surface area (TPSA) is 42.0 Å². The molecule has 1 N–H and O–H groups in total. The van der Waals surface area contributed by atoms with Crippen LogP contribution >= 0.6 is 45.3 Å². The van der Waals surface area contributed by atoms with Gasteiger partial charge in [0.1, 0.15) is 5.01 Å². The molecule has 1 amide bonds. The zero-order chi connectivity index (χ0) is 12.4. The van der Waals surface area contributed by atoms with Gasteiger partial charge in [0.05, 0.1) is 14.5 Å². The van der Waals surface area contributed by atoms with E-state index in [4.69, 9.17) is 0 Å². The average Bonchev–Trinajstić information content (AvgIpc) is 2.87. The molecule has 90 valence electrons. The zero-order valence-corrected chi connectivity index (χ0v) is 13.1. The molecule has 2 rings (SSSR count). The summed E-state index contributed by atoms with van der Waals surface area (Å²) in [5.41, 5.74) is 0.722. The van der Waals surface area contributed by atoms with Gasteiger partial charge in [0, 0.05) is 16.5 Å². The Morgan fingerprint density at radius 1 is 1.59 bits per heavy atom. The van der Waals surface area contributed by atoms with Crippen LogP contribution in [-0.2, 0) is 0 Å². The number of carbonyl (C=O) groups excluding carboxylic acids is 1. The second kappa shape index (κ2) is 5.45. The van der Waals surface area contributed by atoms with Gasteiger partial charge in [-0.25, -0.2) is 4.98 Å². The summed E-state index contributed by atoms with van der Waals surface area (Å²) >= 11 is 5.40. The highest BCUT2D eigenvalue weighted by molar-refractivity contribution is 14.1. The minimum atomic E-state index is -0.0428. The number of thiazole rings is 1. The third-order valence-corrected chi connectivity index (χ3v) is 5.07. The van der Waals surface area contributed by atoms with E-state index in [0.717, 1.165) is 18.3 Å². The van der Waals surface area contributed by atoms with E-state index in [0.29, 0.717) is 0 Å².